The van der Waals surface area contributed by atoms with E-state index in [1.165, 1.54) is 18.2 Å². The van der Waals surface area contributed by atoms with Gasteiger partial charge in [0.25, 0.3) is 0 Å². The summed E-state index contributed by atoms with van der Waals surface area (Å²) in [4.78, 5) is 25.7. The summed E-state index contributed by atoms with van der Waals surface area (Å²) in [6.07, 6.45) is 0.956. The lowest BCUT2D eigenvalue weighted by Gasteiger charge is -2.34. The van der Waals surface area contributed by atoms with E-state index in [0.29, 0.717) is 18.5 Å². The molecule has 0 aromatic heterocycles. The second kappa shape index (κ2) is 10.2. The highest BCUT2D eigenvalue weighted by Gasteiger charge is 2.16. The smallest absolute Gasteiger partial charge is 0.342 e. The fraction of sp³-hybridized carbons (Fsp3) is 0.588. The van der Waals surface area contributed by atoms with Gasteiger partial charge >= 0.3 is 5.97 Å². The Hall–Kier alpha value is -1.87. The number of hydrogen-bond donors (Lipinski definition) is 3. The number of aliphatic hydroxyl groups excluding tert-OH is 1. The number of phenols is 2. The molecule has 0 amide bonds. The Labute approximate surface area is 147 Å². The van der Waals surface area contributed by atoms with Crippen LogP contribution in [0.1, 0.15) is 18.4 Å². The highest BCUT2D eigenvalue weighted by atomic mass is 17.2. The van der Waals surface area contributed by atoms with Crippen molar-refractivity contribution in [3.63, 3.8) is 0 Å². The molecule has 25 heavy (non-hydrogen) atoms. The van der Waals surface area contributed by atoms with Crippen LogP contribution in [-0.2, 0) is 21.2 Å². The minimum Gasteiger partial charge on any atom is -0.508 e. The maximum absolute atomic E-state index is 11.6. The topological polar surface area (TPSA) is 103 Å². The molecule has 3 N–H and O–H groups in total. The van der Waals surface area contributed by atoms with Gasteiger partial charge in [0.2, 0.25) is 0 Å². The molecular weight excluding hydrogens is 328 g/mol. The predicted octanol–water partition coefficient (Wildman–Crippen LogP) is 0.463. The minimum atomic E-state index is -0.441. The molecule has 0 saturated carbocycles. The second-order valence-corrected chi connectivity index (χ2v) is 6.09. The molecule has 1 fully saturated rings. The number of rotatable bonds is 9. The summed E-state index contributed by atoms with van der Waals surface area (Å²) in [7, 11) is 0. The third kappa shape index (κ3) is 7.27. The van der Waals surface area contributed by atoms with Crippen molar-refractivity contribution in [1.29, 1.82) is 0 Å². The van der Waals surface area contributed by atoms with Gasteiger partial charge in [-0.15, -0.1) is 0 Å². The Bertz CT molecular complexity index is 526. The fourth-order valence-corrected chi connectivity index (χ4v) is 2.77. The van der Waals surface area contributed by atoms with E-state index >= 15 is 0 Å². The zero-order valence-electron chi connectivity index (χ0n) is 14.3. The SMILES string of the molecule is O=C(CCCN1CCN(CCO)CC1)OOCc1cc(O)cc(O)c1. The summed E-state index contributed by atoms with van der Waals surface area (Å²) in [6.45, 7) is 5.43. The van der Waals surface area contributed by atoms with Crippen LogP contribution in [0.3, 0.4) is 0 Å². The van der Waals surface area contributed by atoms with Crippen molar-refractivity contribution >= 4 is 5.97 Å². The summed E-state index contributed by atoms with van der Waals surface area (Å²) in [5.41, 5.74) is 0.506. The van der Waals surface area contributed by atoms with E-state index in [-0.39, 0.29) is 31.1 Å². The molecular formula is C17H26N2O6. The molecule has 8 nitrogen and oxygen atoms in total. The Morgan fingerprint density at radius 2 is 1.60 bits per heavy atom. The minimum absolute atomic E-state index is 0.0412. The first-order valence-corrected chi connectivity index (χ1v) is 8.46. The van der Waals surface area contributed by atoms with E-state index in [4.69, 9.17) is 14.9 Å². The first-order chi connectivity index (χ1) is 12.1. The van der Waals surface area contributed by atoms with Crippen LogP contribution in [0.2, 0.25) is 0 Å². The van der Waals surface area contributed by atoms with Gasteiger partial charge in [-0.25, -0.2) is 4.79 Å². The normalized spacial score (nSPS) is 16.0. The van der Waals surface area contributed by atoms with Crippen molar-refractivity contribution in [1.82, 2.24) is 9.80 Å². The molecule has 1 saturated heterocycles. The van der Waals surface area contributed by atoms with Gasteiger partial charge in [0, 0.05) is 38.8 Å². The number of β-amino-alcohol motifs (C(OH)–C–C–N with tert-alkyl or cyclic N) is 1. The monoisotopic (exact) mass is 354 g/mol. The van der Waals surface area contributed by atoms with Gasteiger partial charge in [-0.3, -0.25) is 9.79 Å². The van der Waals surface area contributed by atoms with Crippen LogP contribution in [0.4, 0.5) is 0 Å². The van der Waals surface area contributed by atoms with Gasteiger partial charge in [0.05, 0.1) is 13.0 Å². The quantitative estimate of drug-likeness (QED) is 0.434. The molecule has 0 unspecified atom stereocenters. The number of piperazine rings is 1. The number of phenolic OH excluding ortho intramolecular Hbond substituents is 2. The molecule has 8 heteroatoms. The highest BCUT2D eigenvalue weighted by molar-refractivity contribution is 5.68. The molecule has 1 aromatic rings. The van der Waals surface area contributed by atoms with Gasteiger partial charge in [-0.05, 0) is 30.7 Å². The molecule has 1 heterocycles. The summed E-state index contributed by atoms with van der Waals surface area (Å²) in [5, 5.41) is 27.6. The zero-order valence-corrected chi connectivity index (χ0v) is 14.3. The van der Waals surface area contributed by atoms with Crippen LogP contribution in [0.15, 0.2) is 18.2 Å². The van der Waals surface area contributed by atoms with Gasteiger partial charge in [0.1, 0.15) is 18.1 Å². The average Bonchev–Trinajstić information content (AvgIpc) is 2.56. The molecule has 0 bridgehead atoms. The third-order valence-electron chi connectivity index (χ3n) is 4.08. The van der Waals surface area contributed by atoms with E-state index in [9.17, 15) is 15.0 Å². The number of carbonyl (C=O) groups is 1. The van der Waals surface area contributed by atoms with Crippen molar-refractivity contribution in [3.8, 4) is 11.5 Å². The van der Waals surface area contributed by atoms with Crippen LogP contribution < -0.4 is 0 Å². The first kappa shape index (κ1) is 19.5. The number of benzene rings is 1. The molecule has 0 aliphatic carbocycles. The lowest BCUT2D eigenvalue weighted by molar-refractivity contribution is -0.280. The molecule has 0 atom stereocenters. The fourth-order valence-electron chi connectivity index (χ4n) is 2.77. The number of aromatic hydroxyl groups is 2. The van der Waals surface area contributed by atoms with Gasteiger partial charge in [-0.1, -0.05) is 0 Å². The van der Waals surface area contributed by atoms with Crippen LogP contribution in [0, 0.1) is 0 Å². The van der Waals surface area contributed by atoms with Crippen molar-refractivity contribution in [2.24, 2.45) is 0 Å². The maximum Gasteiger partial charge on any atom is 0.342 e. The summed E-state index contributed by atoms with van der Waals surface area (Å²) >= 11 is 0. The number of carbonyl (C=O) groups excluding carboxylic acids is 1. The van der Waals surface area contributed by atoms with Crippen molar-refractivity contribution in [3.05, 3.63) is 23.8 Å². The third-order valence-corrected chi connectivity index (χ3v) is 4.08. The van der Waals surface area contributed by atoms with Gasteiger partial charge in [-0.2, -0.15) is 4.89 Å². The van der Waals surface area contributed by atoms with Crippen molar-refractivity contribution in [2.75, 3.05) is 45.9 Å². The molecule has 1 aromatic carbocycles. The predicted molar refractivity (Wildman–Crippen MR) is 89.9 cm³/mol. The average molecular weight is 354 g/mol. The van der Waals surface area contributed by atoms with Gasteiger partial charge < -0.3 is 20.2 Å². The molecule has 0 radical (unpaired) electrons. The second-order valence-electron chi connectivity index (χ2n) is 6.09. The summed E-state index contributed by atoms with van der Waals surface area (Å²) in [5.74, 6) is -0.601. The van der Waals surface area contributed by atoms with Crippen LogP contribution in [-0.4, -0.2) is 77.0 Å². The molecule has 1 aliphatic rings. The summed E-state index contributed by atoms with van der Waals surface area (Å²) < 4.78 is 0. The van der Waals surface area contributed by atoms with Crippen LogP contribution >= 0.6 is 0 Å². The number of aliphatic hydroxyl groups is 1. The van der Waals surface area contributed by atoms with E-state index in [1.54, 1.807) is 0 Å². The molecule has 0 spiro atoms. The number of nitrogens with zero attached hydrogens (tertiary/aromatic N) is 2. The Morgan fingerprint density at radius 3 is 2.20 bits per heavy atom. The lowest BCUT2D eigenvalue weighted by atomic mass is 10.2. The van der Waals surface area contributed by atoms with Crippen LogP contribution in [0.25, 0.3) is 0 Å². The van der Waals surface area contributed by atoms with Gasteiger partial charge in [0.15, 0.2) is 0 Å². The van der Waals surface area contributed by atoms with E-state index in [2.05, 4.69) is 9.80 Å². The van der Waals surface area contributed by atoms with E-state index in [1.807, 2.05) is 0 Å². The maximum atomic E-state index is 11.6. The molecule has 2 rings (SSSR count). The zero-order chi connectivity index (χ0) is 18.1. The van der Waals surface area contributed by atoms with Crippen LogP contribution in [0.5, 0.6) is 11.5 Å². The summed E-state index contributed by atoms with van der Waals surface area (Å²) in [6, 6.07) is 4.05. The largest absolute Gasteiger partial charge is 0.508 e. The number of hydrogen-bond acceptors (Lipinski definition) is 8. The van der Waals surface area contributed by atoms with E-state index < -0.39 is 5.97 Å². The standard InChI is InChI=1S/C17H26N2O6/c20-9-8-19-6-4-18(5-7-19)3-1-2-17(23)25-24-13-14-10-15(21)12-16(22)11-14/h10-12,20-22H,1-9,13H2. The van der Waals surface area contributed by atoms with Crippen molar-refractivity contribution < 1.29 is 29.9 Å². The molecule has 140 valence electrons. The molecule has 1 aliphatic heterocycles. The Balaban J connectivity index is 1.55. The Kier molecular flexibility index (Phi) is 7.93. The Morgan fingerprint density at radius 1 is 1.00 bits per heavy atom. The van der Waals surface area contributed by atoms with E-state index in [0.717, 1.165) is 32.7 Å². The highest BCUT2D eigenvalue weighted by Crippen LogP contribution is 2.20. The van der Waals surface area contributed by atoms with Crippen molar-refractivity contribution in [2.45, 2.75) is 19.4 Å². The first-order valence-electron chi connectivity index (χ1n) is 8.46. The lowest BCUT2D eigenvalue weighted by Crippen LogP contribution is -2.47.